The van der Waals surface area contributed by atoms with Gasteiger partial charge in [0.25, 0.3) is 0 Å². The SMILES string of the molecule is Cc1ccccc1Oc1ccccc1NC1=C(C(C)(C)n2c3ccccc3c3ccccc32)C(C#N)=C(N2c3ccccc3Oc3ccccc32)C1(C)C(C)n1c2ccccc2c2ccccc21. The van der Waals surface area contributed by atoms with Gasteiger partial charge in [-0.3, -0.25) is 0 Å². The zero-order chi connectivity index (χ0) is 46.3. The molecule has 330 valence electrons. The Morgan fingerprint density at radius 3 is 1.60 bits per heavy atom. The molecule has 7 nitrogen and oxygen atoms in total. The second kappa shape index (κ2) is 15.6. The number of aryl methyl sites for hydroxylation is 1. The van der Waals surface area contributed by atoms with Crippen LogP contribution in [-0.2, 0) is 5.54 Å². The number of fused-ring (bicyclic) bond motifs is 8. The standard InChI is InChI=1S/C61H49N5O2/c1-39-22-6-18-34-53(39)67-54-35-19-11-27-46(54)63-58-57(60(3,4)66-49-30-14-9-25-43(49)44-26-10-15-31-50(44)66)45(38-62)59(65-51-32-16-20-36-55(51)68-56-37-21-17-33-52(56)65)61(58,5)40(2)64-47-28-12-7-23-41(47)42-24-8-13-29-48(42)64/h6-37,40,63H,1-5H3. The normalized spacial score (nSPS) is 16.3. The van der Waals surface area contributed by atoms with E-state index in [1.807, 2.05) is 72.8 Å². The third kappa shape index (κ3) is 5.97. The van der Waals surface area contributed by atoms with Gasteiger partial charge >= 0.3 is 0 Å². The summed E-state index contributed by atoms with van der Waals surface area (Å²) in [5, 5.41) is 21.1. The average Bonchev–Trinajstić information content (AvgIpc) is 3.98. The number of para-hydroxylation sites is 11. The number of ether oxygens (including phenoxy) is 2. The van der Waals surface area contributed by atoms with Crippen molar-refractivity contribution in [1.82, 2.24) is 9.13 Å². The van der Waals surface area contributed by atoms with Gasteiger partial charge in [0, 0.05) is 60.9 Å². The Kier molecular flexibility index (Phi) is 9.39. The van der Waals surface area contributed by atoms with Gasteiger partial charge in [-0.1, -0.05) is 127 Å². The van der Waals surface area contributed by atoms with Crippen molar-refractivity contribution < 1.29 is 9.47 Å². The zero-order valence-electron chi connectivity index (χ0n) is 38.7. The molecule has 0 radical (unpaired) electrons. The van der Waals surface area contributed by atoms with Gasteiger partial charge in [-0.05, 0) is 107 Å². The number of anilines is 3. The van der Waals surface area contributed by atoms with Crippen LogP contribution in [0.4, 0.5) is 17.1 Å². The second-order valence-electron chi connectivity index (χ2n) is 18.7. The van der Waals surface area contributed by atoms with E-state index in [1.54, 1.807) is 0 Å². The number of nitrogens with one attached hydrogen (secondary N) is 1. The topological polar surface area (TPSA) is 67.4 Å². The molecule has 0 amide bonds. The van der Waals surface area contributed by atoms with Gasteiger partial charge in [-0.25, -0.2) is 0 Å². The minimum Gasteiger partial charge on any atom is -0.455 e. The molecule has 1 aliphatic heterocycles. The minimum atomic E-state index is -0.978. The molecule has 1 N–H and O–H groups in total. The molecule has 0 bridgehead atoms. The van der Waals surface area contributed by atoms with Gasteiger partial charge < -0.3 is 28.8 Å². The fourth-order valence-corrected chi connectivity index (χ4v) is 11.3. The molecule has 12 rings (SSSR count). The summed E-state index contributed by atoms with van der Waals surface area (Å²) in [7, 11) is 0. The number of hydrogen-bond acceptors (Lipinski definition) is 5. The summed E-state index contributed by atoms with van der Waals surface area (Å²) in [6.07, 6.45) is 0. The molecular weight excluding hydrogens is 835 g/mol. The van der Waals surface area contributed by atoms with Crippen molar-refractivity contribution in [3.05, 3.63) is 222 Å². The molecule has 8 aromatic carbocycles. The Morgan fingerprint density at radius 2 is 1.04 bits per heavy atom. The highest BCUT2D eigenvalue weighted by Gasteiger charge is 2.56. The van der Waals surface area contributed by atoms with Crippen LogP contribution in [0.15, 0.2) is 217 Å². The van der Waals surface area contributed by atoms with Crippen molar-refractivity contribution in [2.45, 2.75) is 46.2 Å². The number of rotatable bonds is 9. The molecule has 68 heavy (non-hydrogen) atoms. The van der Waals surface area contributed by atoms with Gasteiger partial charge in [0.2, 0.25) is 0 Å². The largest absolute Gasteiger partial charge is 0.455 e. The molecule has 2 aromatic heterocycles. The fourth-order valence-electron chi connectivity index (χ4n) is 11.3. The van der Waals surface area contributed by atoms with Crippen molar-refractivity contribution in [3.8, 4) is 29.1 Å². The van der Waals surface area contributed by atoms with Gasteiger partial charge in [0.15, 0.2) is 17.2 Å². The van der Waals surface area contributed by atoms with E-state index in [0.29, 0.717) is 22.8 Å². The van der Waals surface area contributed by atoms with Crippen LogP contribution in [0, 0.1) is 23.7 Å². The lowest BCUT2D eigenvalue weighted by atomic mass is 9.76. The summed E-state index contributed by atoms with van der Waals surface area (Å²) in [4.78, 5) is 2.31. The van der Waals surface area contributed by atoms with E-state index < -0.39 is 11.0 Å². The summed E-state index contributed by atoms with van der Waals surface area (Å²) in [5.74, 6) is 2.87. The number of hydrogen-bond donors (Lipinski definition) is 1. The number of allylic oxidation sites excluding steroid dienone is 2. The molecule has 2 atom stereocenters. The molecule has 1 aliphatic carbocycles. The predicted molar refractivity (Wildman–Crippen MR) is 277 cm³/mol. The first-order valence-electron chi connectivity index (χ1n) is 23.3. The quantitative estimate of drug-likeness (QED) is 0.156. The molecular formula is C61H49N5O2. The smallest absolute Gasteiger partial charge is 0.151 e. The first-order valence-corrected chi connectivity index (χ1v) is 23.3. The average molecular weight is 884 g/mol. The predicted octanol–water partition coefficient (Wildman–Crippen LogP) is 16.1. The van der Waals surface area contributed by atoms with Gasteiger partial charge in [0.1, 0.15) is 11.8 Å². The fraction of sp³-hybridized carbons (Fsp3) is 0.131. The third-order valence-electron chi connectivity index (χ3n) is 14.6. The summed E-state index contributed by atoms with van der Waals surface area (Å²) in [5.41, 5.74) is 9.28. The maximum absolute atomic E-state index is 12.3. The van der Waals surface area contributed by atoms with E-state index in [-0.39, 0.29) is 6.04 Å². The lowest BCUT2D eigenvalue weighted by Gasteiger charge is -2.45. The van der Waals surface area contributed by atoms with Crippen molar-refractivity contribution in [1.29, 1.82) is 5.26 Å². The van der Waals surface area contributed by atoms with Crippen LogP contribution in [0.2, 0.25) is 0 Å². The highest BCUT2D eigenvalue weighted by molar-refractivity contribution is 6.09. The maximum Gasteiger partial charge on any atom is 0.151 e. The first-order chi connectivity index (χ1) is 33.2. The number of benzene rings is 8. The molecule has 0 spiro atoms. The number of nitriles is 1. The van der Waals surface area contributed by atoms with Crippen LogP contribution in [0.25, 0.3) is 43.6 Å². The van der Waals surface area contributed by atoms with Gasteiger partial charge in [-0.2, -0.15) is 5.26 Å². The molecule has 0 saturated heterocycles. The van der Waals surface area contributed by atoms with E-state index in [0.717, 1.165) is 78.2 Å². The van der Waals surface area contributed by atoms with Crippen LogP contribution in [0.1, 0.15) is 39.3 Å². The van der Waals surface area contributed by atoms with Crippen molar-refractivity contribution in [2.75, 3.05) is 10.2 Å². The maximum atomic E-state index is 12.3. The number of aromatic nitrogens is 2. The molecule has 7 heteroatoms. The highest BCUT2D eigenvalue weighted by Crippen LogP contribution is 2.63. The lowest BCUT2D eigenvalue weighted by Crippen LogP contribution is -2.40. The van der Waals surface area contributed by atoms with Crippen molar-refractivity contribution in [2.24, 2.45) is 5.41 Å². The Hall–Kier alpha value is -8.47. The number of nitrogens with zero attached hydrogens (tertiary/aromatic N) is 4. The Bertz CT molecular complexity index is 3640. The minimum absolute atomic E-state index is 0.314. The van der Waals surface area contributed by atoms with Crippen LogP contribution < -0.4 is 19.7 Å². The van der Waals surface area contributed by atoms with Gasteiger partial charge in [-0.15, -0.1) is 0 Å². The molecule has 2 unspecified atom stereocenters. The van der Waals surface area contributed by atoms with E-state index >= 15 is 0 Å². The van der Waals surface area contributed by atoms with Crippen LogP contribution in [-0.4, -0.2) is 9.13 Å². The summed E-state index contributed by atoms with van der Waals surface area (Å²) >= 11 is 0. The first kappa shape index (κ1) is 41.0. The summed E-state index contributed by atoms with van der Waals surface area (Å²) in [6.45, 7) is 11.3. The van der Waals surface area contributed by atoms with Crippen LogP contribution >= 0.6 is 0 Å². The second-order valence-corrected chi connectivity index (χ2v) is 18.7. The van der Waals surface area contributed by atoms with E-state index in [4.69, 9.17) is 9.47 Å². The Morgan fingerprint density at radius 1 is 0.588 bits per heavy atom. The summed E-state index contributed by atoms with van der Waals surface area (Å²) in [6, 6.07) is 69.8. The molecule has 10 aromatic rings. The van der Waals surface area contributed by atoms with E-state index in [2.05, 4.69) is 181 Å². The van der Waals surface area contributed by atoms with Crippen molar-refractivity contribution in [3.63, 3.8) is 0 Å². The third-order valence-corrected chi connectivity index (χ3v) is 14.6. The highest BCUT2D eigenvalue weighted by atomic mass is 16.5. The summed E-state index contributed by atoms with van der Waals surface area (Å²) < 4.78 is 18.5. The zero-order valence-corrected chi connectivity index (χ0v) is 38.7. The van der Waals surface area contributed by atoms with E-state index in [9.17, 15) is 5.26 Å². The molecule has 3 heterocycles. The van der Waals surface area contributed by atoms with Crippen molar-refractivity contribution >= 4 is 60.7 Å². The van der Waals surface area contributed by atoms with Crippen LogP contribution in [0.3, 0.4) is 0 Å². The van der Waals surface area contributed by atoms with Crippen LogP contribution in [0.5, 0.6) is 23.0 Å². The van der Waals surface area contributed by atoms with Gasteiger partial charge in [0.05, 0.1) is 39.3 Å². The Balaban J connectivity index is 1.22. The lowest BCUT2D eigenvalue weighted by molar-refractivity contribution is 0.319. The molecule has 0 saturated carbocycles. The molecule has 2 aliphatic rings. The molecule has 0 fully saturated rings. The monoisotopic (exact) mass is 883 g/mol. The van der Waals surface area contributed by atoms with E-state index in [1.165, 1.54) is 10.8 Å². The Labute approximate surface area is 396 Å².